The van der Waals surface area contributed by atoms with Crippen molar-refractivity contribution < 1.29 is 22.3 Å². The fourth-order valence-electron chi connectivity index (χ4n) is 1.29. The fraction of sp³-hybridized carbons (Fsp3) is 0.100. The number of ether oxygens (including phenoxy) is 1. The fourth-order valence-corrected chi connectivity index (χ4v) is 1.29. The molecule has 1 heterocycles. The van der Waals surface area contributed by atoms with Crippen LogP contribution in [0.4, 0.5) is 13.2 Å². The third kappa shape index (κ3) is 2.06. The van der Waals surface area contributed by atoms with Gasteiger partial charge in [0.25, 0.3) is 0 Å². The molecule has 2 rings (SSSR count). The molecule has 0 aliphatic rings. The van der Waals surface area contributed by atoms with E-state index in [9.17, 15) is 13.2 Å². The zero-order chi connectivity index (χ0) is 11.1. The molecule has 0 aliphatic carbocycles. The van der Waals surface area contributed by atoms with Crippen LogP contribution in [0.5, 0.6) is 5.75 Å². The molecule has 0 spiro atoms. The van der Waals surface area contributed by atoms with Gasteiger partial charge in [0, 0.05) is 17.7 Å². The van der Waals surface area contributed by atoms with E-state index in [4.69, 9.17) is 4.42 Å². The number of halogens is 3. The van der Waals surface area contributed by atoms with Crippen LogP contribution in [-0.4, -0.2) is 6.36 Å². The van der Waals surface area contributed by atoms with Gasteiger partial charge in [-0.15, -0.1) is 13.2 Å². The van der Waals surface area contributed by atoms with Crippen LogP contribution in [0.2, 0.25) is 0 Å². The van der Waals surface area contributed by atoms with E-state index in [0.29, 0.717) is 16.5 Å². The Morgan fingerprint density at radius 1 is 1.27 bits per heavy atom. The molecule has 0 N–H and O–H groups in total. The minimum Gasteiger partial charge on any atom is -0.468 e. The Labute approximate surface area is 83.2 Å². The molecule has 0 atom stereocenters. The summed E-state index contributed by atoms with van der Waals surface area (Å²) in [5, 5.41) is 1.20. The van der Waals surface area contributed by atoms with Crippen molar-refractivity contribution in [2.45, 2.75) is 6.36 Å². The molecule has 0 unspecified atom stereocenters. The molecule has 0 saturated heterocycles. The Kier molecular flexibility index (Phi) is 2.10. The van der Waals surface area contributed by atoms with E-state index in [-0.39, 0.29) is 5.75 Å². The Bertz CT molecular complexity index is 485. The first-order valence-electron chi connectivity index (χ1n) is 4.05. The number of furan rings is 1. The first-order valence-corrected chi connectivity index (χ1v) is 4.05. The Morgan fingerprint density at radius 2 is 2.00 bits per heavy atom. The summed E-state index contributed by atoms with van der Waals surface area (Å²) < 4.78 is 44.4. The summed E-state index contributed by atoms with van der Waals surface area (Å²) in [6.45, 7) is 3.58. The minimum absolute atomic E-state index is 0.268. The second-order valence-corrected chi connectivity index (χ2v) is 2.96. The third-order valence-electron chi connectivity index (χ3n) is 1.89. The summed E-state index contributed by atoms with van der Waals surface area (Å²) in [7, 11) is 0. The average Bonchev–Trinajstić information content (AvgIpc) is 2.45. The van der Waals surface area contributed by atoms with Crippen molar-refractivity contribution in [3.05, 3.63) is 37.1 Å². The highest BCUT2D eigenvalue weighted by molar-refractivity contribution is 5.85. The zero-order valence-electron chi connectivity index (χ0n) is 7.47. The minimum atomic E-state index is -4.68. The summed E-state index contributed by atoms with van der Waals surface area (Å²) in [4.78, 5) is 0. The molecule has 2 aromatic rings. The topological polar surface area (TPSA) is 22.4 Å². The summed E-state index contributed by atoms with van der Waals surface area (Å²) >= 11 is 0. The van der Waals surface area contributed by atoms with E-state index in [1.54, 1.807) is 0 Å². The maximum atomic E-state index is 11.9. The molecule has 15 heavy (non-hydrogen) atoms. The van der Waals surface area contributed by atoms with Gasteiger partial charge in [0.2, 0.25) is 0 Å². The Hall–Kier alpha value is -1.65. The highest BCUT2D eigenvalue weighted by atomic mass is 19.4. The summed E-state index contributed by atoms with van der Waals surface area (Å²) in [6, 6.07) is 3.95. The van der Waals surface area contributed by atoms with Crippen LogP contribution >= 0.6 is 0 Å². The normalized spacial score (nSPS) is 12.0. The highest BCUT2D eigenvalue weighted by Crippen LogP contribution is 2.28. The van der Waals surface area contributed by atoms with Crippen LogP contribution in [0.25, 0.3) is 10.8 Å². The van der Waals surface area contributed by atoms with Gasteiger partial charge < -0.3 is 9.15 Å². The van der Waals surface area contributed by atoms with Crippen molar-refractivity contribution in [2.24, 2.45) is 0 Å². The van der Waals surface area contributed by atoms with E-state index in [1.165, 1.54) is 24.5 Å². The molecule has 1 radical (unpaired) electrons. The van der Waals surface area contributed by atoms with Gasteiger partial charge >= 0.3 is 6.36 Å². The number of benzene rings is 1. The quantitative estimate of drug-likeness (QED) is 0.726. The van der Waals surface area contributed by atoms with Crippen LogP contribution in [0.15, 0.2) is 28.9 Å². The van der Waals surface area contributed by atoms with Crippen LogP contribution in [0.3, 0.4) is 0 Å². The average molecular weight is 215 g/mol. The Balaban J connectivity index is 2.39. The molecular formula is C10H6F3O2. The molecule has 1 aromatic carbocycles. The van der Waals surface area contributed by atoms with Gasteiger partial charge in [-0.25, -0.2) is 0 Å². The van der Waals surface area contributed by atoms with Crippen LogP contribution in [-0.2, 0) is 0 Å². The first-order chi connectivity index (χ1) is 6.96. The number of hydrogen-bond donors (Lipinski definition) is 0. The van der Waals surface area contributed by atoms with Gasteiger partial charge in [-0.05, 0) is 18.2 Å². The predicted molar refractivity (Wildman–Crippen MR) is 47.4 cm³/mol. The van der Waals surface area contributed by atoms with Crippen molar-refractivity contribution in [2.75, 3.05) is 0 Å². The molecule has 0 aliphatic heterocycles. The van der Waals surface area contributed by atoms with Crippen LogP contribution in [0, 0.1) is 6.92 Å². The number of hydrogen-bond acceptors (Lipinski definition) is 2. The van der Waals surface area contributed by atoms with Crippen molar-refractivity contribution >= 4 is 10.8 Å². The molecular weight excluding hydrogens is 209 g/mol. The van der Waals surface area contributed by atoms with Crippen molar-refractivity contribution in [1.82, 2.24) is 0 Å². The van der Waals surface area contributed by atoms with Gasteiger partial charge in [-0.3, -0.25) is 0 Å². The van der Waals surface area contributed by atoms with Gasteiger partial charge in [-0.2, -0.15) is 0 Å². The van der Waals surface area contributed by atoms with E-state index in [2.05, 4.69) is 11.7 Å². The first kappa shape index (κ1) is 9.89. The number of fused-ring (bicyclic) bond motifs is 1. The number of alkyl halides is 3. The SMILES string of the molecule is [CH2]c1occ2cc(OC(F)(F)F)ccc12. The van der Waals surface area contributed by atoms with E-state index in [0.717, 1.165) is 0 Å². The molecule has 0 bridgehead atoms. The van der Waals surface area contributed by atoms with Gasteiger partial charge in [-0.1, -0.05) is 0 Å². The third-order valence-corrected chi connectivity index (χ3v) is 1.89. The van der Waals surface area contributed by atoms with Crippen molar-refractivity contribution in [3.8, 4) is 5.75 Å². The van der Waals surface area contributed by atoms with Crippen molar-refractivity contribution in [3.63, 3.8) is 0 Å². The molecule has 79 valence electrons. The lowest BCUT2D eigenvalue weighted by molar-refractivity contribution is -0.274. The molecule has 0 saturated carbocycles. The van der Waals surface area contributed by atoms with E-state index < -0.39 is 6.36 Å². The standard InChI is InChI=1S/C10H6F3O2/c1-6-9-3-2-8(15-10(11,12)13)4-7(9)5-14-6/h2-5H,1H2. The highest BCUT2D eigenvalue weighted by Gasteiger charge is 2.31. The monoisotopic (exact) mass is 215 g/mol. The maximum absolute atomic E-state index is 11.9. The summed E-state index contributed by atoms with van der Waals surface area (Å²) in [6.07, 6.45) is -3.34. The smallest absolute Gasteiger partial charge is 0.468 e. The van der Waals surface area contributed by atoms with Gasteiger partial charge in [0.05, 0.1) is 6.26 Å². The molecule has 2 nitrogen and oxygen atoms in total. The lowest BCUT2D eigenvalue weighted by atomic mass is 10.2. The second-order valence-electron chi connectivity index (χ2n) is 2.96. The summed E-state index contributed by atoms with van der Waals surface area (Å²) in [5.41, 5.74) is 0. The molecule has 5 heteroatoms. The van der Waals surface area contributed by atoms with Gasteiger partial charge in [0.1, 0.15) is 11.5 Å². The van der Waals surface area contributed by atoms with E-state index >= 15 is 0 Å². The van der Waals surface area contributed by atoms with Crippen LogP contribution in [0.1, 0.15) is 5.76 Å². The number of rotatable bonds is 1. The molecule has 0 fully saturated rings. The van der Waals surface area contributed by atoms with E-state index in [1.807, 2.05) is 0 Å². The maximum Gasteiger partial charge on any atom is 0.573 e. The lowest BCUT2D eigenvalue weighted by Crippen LogP contribution is -2.16. The molecule has 1 aromatic heterocycles. The van der Waals surface area contributed by atoms with Crippen LogP contribution < -0.4 is 4.74 Å². The second kappa shape index (κ2) is 3.18. The lowest BCUT2D eigenvalue weighted by Gasteiger charge is -2.08. The predicted octanol–water partition coefficient (Wildman–Crippen LogP) is 3.51. The Morgan fingerprint density at radius 3 is 2.67 bits per heavy atom. The summed E-state index contributed by atoms with van der Waals surface area (Å²) in [5.74, 6) is 0.152. The molecule has 0 amide bonds. The van der Waals surface area contributed by atoms with Crippen molar-refractivity contribution in [1.29, 1.82) is 0 Å². The van der Waals surface area contributed by atoms with Gasteiger partial charge in [0.15, 0.2) is 0 Å². The largest absolute Gasteiger partial charge is 0.573 e. The zero-order valence-corrected chi connectivity index (χ0v) is 7.47.